The normalized spacial score (nSPS) is 16.3. The van der Waals surface area contributed by atoms with E-state index >= 15 is 0 Å². The van der Waals surface area contributed by atoms with Gasteiger partial charge in [0.1, 0.15) is 0 Å². The first-order chi connectivity index (χ1) is 7.79. The number of hydrogen-bond donors (Lipinski definition) is 2. The van der Waals surface area contributed by atoms with Crippen LogP contribution < -0.4 is 10.6 Å². The van der Waals surface area contributed by atoms with Crippen LogP contribution in [-0.4, -0.2) is 35.8 Å². The van der Waals surface area contributed by atoms with Crippen molar-refractivity contribution >= 4 is 18.3 Å². The molecule has 96 valence electrons. The van der Waals surface area contributed by atoms with Crippen LogP contribution in [0.5, 0.6) is 0 Å². The SMILES string of the molecule is CNC(=O)c1cnn(CC2CCNCC2)c1.Cl. The highest BCUT2D eigenvalue weighted by Gasteiger charge is 2.14. The largest absolute Gasteiger partial charge is 0.355 e. The lowest BCUT2D eigenvalue weighted by molar-refractivity contribution is 0.0963. The van der Waals surface area contributed by atoms with E-state index in [-0.39, 0.29) is 18.3 Å². The predicted octanol–water partition coefficient (Wildman–Crippen LogP) is 0.664. The smallest absolute Gasteiger partial charge is 0.254 e. The molecule has 5 nitrogen and oxygen atoms in total. The molecular formula is C11H19ClN4O. The molecule has 1 aromatic rings. The summed E-state index contributed by atoms with van der Waals surface area (Å²) in [6.45, 7) is 3.10. The van der Waals surface area contributed by atoms with Gasteiger partial charge in [0, 0.05) is 19.8 Å². The summed E-state index contributed by atoms with van der Waals surface area (Å²) < 4.78 is 1.88. The van der Waals surface area contributed by atoms with Gasteiger partial charge in [-0.2, -0.15) is 5.10 Å². The van der Waals surface area contributed by atoms with E-state index in [0.717, 1.165) is 19.6 Å². The lowest BCUT2D eigenvalue weighted by Crippen LogP contribution is -2.30. The van der Waals surface area contributed by atoms with Crippen LogP contribution in [0.3, 0.4) is 0 Å². The monoisotopic (exact) mass is 258 g/mol. The lowest BCUT2D eigenvalue weighted by atomic mass is 9.98. The predicted molar refractivity (Wildman–Crippen MR) is 68.5 cm³/mol. The number of nitrogens with zero attached hydrogens (tertiary/aromatic N) is 2. The van der Waals surface area contributed by atoms with Crippen LogP contribution in [0.25, 0.3) is 0 Å². The summed E-state index contributed by atoms with van der Waals surface area (Å²) in [5.74, 6) is 0.607. The summed E-state index contributed by atoms with van der Waals surface area (Å²) in [6.07, 6.45) is 5.82. The minimum absolute atomic E-state index is 0. The van der Waals surface area contributed by atoms with Crippen LogP contribution >= 0.6 is 12.4 Å². The Labute approximate surface area is 107 Å². The molecule has 1 amide bonds. The summed E-state index contributed by atoms with van der Waals surface area (Å²) in [5, 5.41) is 10.1. The van der Waals surface area contributed by atoms with E-state index in [1.54, 1.807) is 13.2 Å². The van der Waals surface area contributed by atoms with E-state index in [9.17, 15) is 4.79 Å². The van der Waals surface area contributed by atoms with Gasteiger partial charge in [-0.25, -0.2) is 0 Å². The standard InChI is InChI=1S/C11H18N4O.ClH/c1-12-11(16)10-6-14-15(8-10)7-9-2-4-13-5-3-9;/h6,8-9,13H,2-5,7H2,1H3,(H,12,16);1H. The molecule has 0 atom stereocenters. The van der Waals surface area contributed by atoms with Crippen molar-refractivity contribution in [2.75, 3.05) is 20.1 Å². The second-order valence-corrected chi connectivity index (χ2v) is 4.22. The highest BCUT2D eigenvalue weighted by Crippen LogP contribution is 2.14. The van der Waals surface area contributed by atoms with Crippen LogP contribution in [0.1, 0.15) is 23.2 Å². The van der Waals surface area contributed by atoms with Crippen molar-refractivity contribution in [2.45, 2.75) is 19.4 Å². The summed E-state index contributed by atoms with van der Waals surface area (Å²) in [4.78, 5) is 11.3. The molecule has 0 radical (unpaired) electrons. The van der Waals surface area contributed by atoms with Gasteiger partial charge in [0.05, 0.1) is 11.8 Å². The Morgan fingerprint density at radius 1 is 1.59 bits per heavy atom. The molecule has 0 saturated carbocycles. The van der Waals surface area contributed by atoms with Gasteiger partial charge >= 0.3 is 0 Å². The topological polar surface area (TPSA) is 59.0 Å². The Hall–Kier alpha value is -1.07. The maximum absolute atomic E-state index is 11.3. The Morgan fingerprint density at radius 3 is 2.94 bits per heavy atom. The van der Waals surface area contributed by atoms with E-state index in [1.807, 2.05) is 10.9 Å². The van der Waals surface area contributed by atoms with Crippen LogP contribution in [-0.2, 0) is 6.54 Å². The van der Waals surface area contributed by atoms with E-state index < -0.39 is 0 Å². The maximum Gasteiger partial charge on any atom is 0.254 e. The summed E-state index contributed by atoms with van der Waals surface area (Å²) in [7, 11) is 1.63. The van der Waals surface area contributed by atoms with Gasteiger partial charge in [0.25, 0.3) is 5.91 Å². The number of hydrogen-bond acceptors (Lipinski definition) is 3. The molecule has 1 fully saturated rings. The second kappa shape index (κ2) is 6.61. The molecule has 1 aromatic heterocycles. The molecule has 1 aliphatic rings. The molecule has 6 heteroatoms. The van der Waals surface area contributed by atoms with Crippen molar-refractivity contribution in [3.05, 3.63) is 18.0 Å². The van der Waals surface area contributed by atoms with E-state index in [1.165, 1.54) is 12.8 Å². The molecule has 2 N–H and O–H groups in total. The van der Waals surface area contributed by atoms with Gasteiger partial charge in [-0.05, 0) is 31.8 Å². The molecule has 0 bridgehead atoms. The fraction of sp³-hybridized carbons (Fsp3) is 0.636. The third kappa shape index (κ3) is 3.71. The first-order valence-corrected chi connectivity index (χ1v) is 5.75. The van der Waals surface area contributed by atoms with Gasteiger partial charge in [0.15, 0.2) is 0 Å². The second-order valence-electron chi connectivity index (χ2n) is 4.22. The van der Waals surface area contributed by atoms with Crippen LogP contribution in [0.4, 0.5) is 0 Å². The first kappa shape index (κ1) is 14.0. The lowest BCUT2D eigenvalue weighted by Gasteiger charge is -2.22. The maximum atomic E-state index is 11.3. The minimum Gasteiger partial charge on any atom is -0.355 e. The summed E-state index contributed by atoms with van der Waals surface area (Å²) >= 11 is 0. The quantitative estimate of drug-likeness (QED) is 0.838. The molecule has 2 rings (SSSR count). The molecule has 1 saturated heterocycles. The molecule has 2 heterocycles. The van der Waals surface area contributed by atoms with Gasteiger partial charge in [-0.15, -0.1) is 12.4 Å². The van der Waals surface area contributed by atoms with Crippen molar-refractivity contribution in [3.8, 4) is 0 Å². The third-order valence-electron chi connectivity index (χ3n) is 3.03. The van der Waals surface area contributed by atoms with Gasteiger partial charge < -0.3 is 10.6 Å². The number of piperidine rings is 1. The van der Waals surface area contributed by atoms with Gasteiger partial charge in [-0.1, -0.05) is 0 Å². The highest BCUT2D eigenvalue weighted by molar-refractivity contribution is 5.93. The Balaban J connectivity index is 0.00000144. The summed E-state index contributed by atoms with van der Waals surface area (Å²) in [5.41, 5.74) is 0.636. The van der Waals surface area contributed by atoms with Crippen LogP contribution in [0.15, 0.2) is 12.4 Å². The van der Waals surface area contributed by atoms with Crippen molar-refractivity contribution in [1.29, 1.82) is 0 Å². The number of halogens is 1. The zero-order valence-electron chi connectivity index (χ0n) is 9.98. The Morgan fingerprint density at radius 2 is 2.29 bits per heavy atom. The third-order valence-corrected chi connectivity index (χ3v) is 3.03. The van der Waals surface area contributed by atoms with Gasteiger partial charge in [0.2, 0.25) is 0 Å². The van der Waals surface area contributed by atoms with E-state index in [2.05, 4.69) is 15.7 Å². The fourth-order valence-electron chi connectivity index (χ4n) is 2.05. The minimum atomic E-state index is -0.0726. The Bertz CT molecular complexity index is 360. The van der Waals surface area contributed by atoms with Gasteiger partial charge in [-0.3, -0.25) is 9.48 Å². The van der Waals surface area contributed by atoms with E-state index in [4.69, 9.17) is 0 Å². The molecule has 1 aliphatic heterocycles. The first-order valence-electron chi connectivity index (χ1n) is 5.75. The molecule has 0 aliphatic carbocycles. The molecule has 0 aromatic carbocycles. The zero-order valence-corrected chi connectivity index (χ0v) is 10.8. The Kier molecular flexibility index (Phi) is 5.44. The average molecular weight is 259 g/mol. The zero-order chi connectivity index (χ0) is 11.4. The van der Waals surface area contributed by atoms with Crippen molar-refractivity contribution in [3.63, 3.8) is 0 Å². The molecule has 17 heavy (non-hydrogen) atoms. The molecule has 0 unspecified atom stereocenters. The van der Waals surface area contributed by atoms with Crippen LogP contribution in [0, 0.1) is 5.92 Å². The average Bonchev–Trinajstić information content (AvgIpc) is 2.78. The number of amides is 1. The van der Waals surface area contributed by atoms with Crippen LogP contribution in [0.2, 0.25) is 0 Å². The number of nitrogens with one attached hydrogen (secondary N) is 2. The van der Waals surface area contributed by atoms with Crippen molar-refractivity contribution in [2.24, 2.45) is 5.92 Å². The van der Waals surface area contributed by atoms with E-state index in [0.29, 0.717) is 11.5 Å². The fourth-order valence-corrected chi connectivity index (χ4v) is 2.05. The molecular weight excluding hydrogens is 240 g/mol. The van der Waals surface area contributed by atoms with Crippen molar-refractivity contribution < 1.29 is 4.79 Å². The number of aromatic nitrogens is 2. The molecule has 0 spiro atoms. The number of rotatable bonds is 3. The summed E-state index contributed by atoms with van der Waals surface area (Å²) in [6, 6.07) is 0. The van der Waals surface area contributed by atoms with Crippen molar-refractivity contribution in [1.82, 2.24) is 20.4 Å². The number of carbonyl (C=O) groups excluding carboxylic acids is 1. The highest BCUT2D eigenvalue weighted by atomic mass is 35.5. The number of carbonyl (C=O) groups is 1.